The Hall–Kier alpha value is -1.30. The summed E-state index contributed by atoms with van der Waals surface area (Å²) in [5.74, 6) is 0.640. The molecule has 0 amide bonds. The van der Waals surface area contributed by atoms with E-state index in [-0.39, 0.29) is 0 Å². The van der Waals surface area contributed by atoms with E-state index in [1.807, 2.05) is 0 Å². The quantitative estimate of drug-likeness (QED) is 0.343. The average molecular weight is 256 g/mol. The van der Waals surface area contributed by atoms with Crippen molar-refractivity contribution in [2.45, 2.75) is 51.9 Å². The van der Waals surface area contributed by atoms with Crippen molar-refractivity contribution in [1.29, 1.82) is 0 Å². The lowest BCUT2D eigenvalue weighted by Crippen LogP contribution is -1.94. The molecule has 0 saturated heterocycles. The topological polar surface area (TPSA) is 0 Å². The summed E-state index contributed by atoms with van der Waals surface area (Å²) in [5, 5.41) is 0. The number of hydrogen-bond donors (Lipinski definition) is 0. The summed E-state index contributed by atoms with van der Waals surface area (Å²) in [6.07, 6.45) is 15.8. The Balaban J connectivity index is 2.21. The minimum Gasteiger partial charge on any atom is -0.103 e. The Morgan fingerprint density at radius 3 is 2.47 bits per heavy atom. The van der Waals surface area contributed by atoms with E-state index < -0.39 is 0 Å². The zero-order chi connectivity index (χ0) is 13.8. The fourth-order valence-corrected chi connectivity index (χ4v) is 2.29. The first-order valence-corrected chi connectivity index (χ1v) is 7.71. The van der Waals surface area contributed by atoms with Gasteiger partial charge in [-0.1, -0.05) is 87.6 Å². The molecule has 1 atom stereocenters. The van der Waals surface area contributed by atoms with Crippen LogP contribution < -0.4 is 0 Å². The van der Waals surface area contributed by atoms with Crippen molar-refractivity contribution in [2.24, 2.45) is 5.92 Å². The minimum absolute atomic E-state index is 0.640. The Bertz CT molecular complexity index is 348. The maximum Gasteiger partial charge on any atom is -0.0201 e. The van der Waals surface area contributed by atoms with Crippen LogP contribution in [0.3, 0.4) is 0 Å². The maximum absolute atomic E-state index is 3.97. The van der Waals surface area contributed by atoms with E-state index in [2.05, 4.69) is 62.1 Å². The third kappa shape index (κ3) is 7.66. The predicted molar refractivity (Wildman–Crippen MR) is 87.2 cm³/mol. The van der Waals surface area contributed by atoms with E-state index in [1.54, 1.807) is 0 Å². The highest BCUT2D eigenvalue weighted by atomic mass is 14.1. The first-order valence-electron chi connectivity index (χ1n) is 7.71. The Morgan fingerprint density at radius 1 is 1.05 bits per heavy atom. The van der Waals surface area contributed by atoms with E-state index in [4.69, 9.17) is 0 Å². The highest BCUT2D eigenvalue weighted by Gasteiger charge is 2.01. The van der Waals surface area contributed by atoms with Crippen molar-refractivity contribution in [1.82, 2.24) is 0 Å². The lowest BCUT2D eigenvalue weighted by Gasteiger charge is -2.09. The molecule has 0 bridgehead atoms. The SMILES string of the molecule is C=CC(C/C=C/c1ccccc1)CCCCCCC. The van der Waals surface area contributed by atoms with Crippen molar-refractivity contribution >= 4 is 6.08 Å². The summed E-state index contributed by atoms with van der Waals surface area (Å²) < 4.78 is 0. The maximum atomic E-state index is 3.97. The molecule has 0 N–H and O–H groups in total. The van der Waals surface area contributed by atoms with Crippen LogP contribution in [0.2, 0.25) is 0 Å². The van der Waals surface area contributed by atoms with Crippen LogP contribution in [0, 0.1) is 5.92 Å². The third-order valence-electron chi connectivity index (χ3n) is 3.56. The molecular formula is C19H28. The van der Waals surface area contributed by atoms with Crippen LogP contribution in [0.4, 0.5) is 0 Å². The molecule has 0 aliphatic heterocycles. The molecule has 104 valence electrons. The highest BCUT2D eigenvalue weighted by molar-refractivity contribution is 5.48. The summed E-state index contributed by atoms with van der Waals surface area (Å²) in [4.78, 5) is 0. The molecule has 0 aliphatic carbocycles. The van der Waals surface area contributed by atoms with Crippen molar-refractivity contribution in [3.05, 3.63) is 54.6 Å². The summed E-state index contributed by atoms with van der Waals surface area (Å²) >= 11 is 0. The van der Waals surface area contributed by atoms with E-state index in [9.17, 15) is 0 Å². The first-order chi connectivity index (χ1) is 9.36. The third-order valence-corrected chi connectivity index (χ3v) is 3.56. The fraction of sp³-hybridized carbons (Fsp3) is 0.474. The zero-order valence-corrected chi connectivity index (χ0v) is 12.4. The normalized spacial score (nSPS) is 12.7. The molecule has 19 heavy (non-hydrogen) atoms. The van der Waals surface area contributed by atoms with Gasteiger partial charge in [-0.25, -0.2) is 0 Å². The Labute approximate surface area is 119 Å². The molecule has 0 aliphatic rings. The standard InChI is InChI=1S/C19H28/c1-3-5-6-7-9-13-18(4-2)16-12-17-19-14-10-8-11-15-19/h4,8,10-12,14-15,17-18H,2-3,5-7,9,13,16H2,1H3/b17-12+. The number of unbranched alkanes of at least 4 members (excludes halogenated alkanes) is 4. The molecule has 1 aromatic carbocycles. The molecule has 1 aromatic rings. The summed E-state index contributed by atoms with van der Waals surface area (Å²) in [5.41, 5.74) is 1.29. The van der Waals surface area contributed by atoms with Gasteiger partial charge >= 0.3 is 0 Å². The van der Waals surface area contributed by atoms with Crippen LogP contribution >= 0.6 is 0 Å². The summed E-state index contributed by atoms with van der Waals surface area (Å²) in [6, 6.07) is 10.5. The van der Waals surface area contributed by atoms with E-state index in [0.29, 0.717) is 5.92 Å². The van der Waals surface area contributed by atoms with Gasteiger partial charge in [-0.2, -0.15) is 0 Å². The lowest BCUT2D eigenvalue weighted by atomic mass is 9.97. The van der Waals surface area contributed by atoms with Gasteiger partial charge in [0.25, 0.3) is 0 Å². The number of rotatable bonds is 10. The zero-order valence-electron chi connectivity index (χ0n) is 12.4. The molecule has 1 rings (SSSR count). The lowest BCUT2D eigenvalue weighted by molar-refractivity contribution is 0.528. The van der Waals surface area contributed by atoms with E-state index in [1.165, 1.54) is 44.1 Å². The molecule has 0 fully saturated rings. The van der Waals surface area contributed by atoms with Crippen LogP contribution in [-0.4, -0.2) is 0 Å². The van der Waals surface area contributed by atoms with Gasteiger partial charge in [-0.3, -0.25) is 0 Å². The van der Waals surface area contributed by atoms with Crippen LogP contribution in [0.25, 0.3) is 6.08 Å². The van der Waals surface area contributed by atoms with Crippen molar-refractivity contribution < 1.29 is 0 Å². The number of hydrogen-bond acceptors (Lipinski definition) is 0. The second-order valence-corrected chi connectivity index (χ2v) is 5.25. The average Bonchev–Trinajstić information content (AvgIpc) is 2.46. The molecule has 0 radical (unpaired) electrons. The molecule has 0 nitrogen and oxygen atoms in total. The fourth-order valence-electron chi connectivity index (χ4n) is 2.29. The molecule has 0 heterocycles. The van der Waals surface area contributed by atoms with Crippen molar-refractivity contribution in [2.75, 3.05) is 0 Å². The van der Waals surface area contributed by atoms with E-state index >= 15 is 0 Å². The van der Waals surface area contributed by atoms with E-state index in [0.717, 1.165) is 6.42 Å². The predicted octanol–water partition coefficient (Wildman–Crippen LogP) is 6.25. The second-order valence-electron chi connectivity index (χ2n) is 5.25. The van der Waals surface area contributed by atoms with Gasteiger partial charge in [0.1, 0.15) is 0 Å². The molecule has 0 saturated carbocycles. The Kier molecular flexibility index (Phi) is 8.80. The van der Waals surface area contributed by atoms with Crippen LogP contribution in [-0.2, 0) is 0 Å². The van der Waals surface area contributed by atoms with Gasteiger partial charge in [0.15, 0.2) is 0 Å². The van der Waals surface area contributed by atoms with Crippen molar-refractivity contribution in [3.63, 3.8) is 0 Å². The summed E-state index contributed by atoms with van der Waals surface area (Å²) in [6.45, 7) is 6.23. The minimum atomic E-state index is 0.640. The smallest absolute Gasteiger partial charge is 0.0201 e. The van der Waals surface area contributed by atoms with Gasteiger partial charge in [0.2, 0.25) is 0 Å². The molecule has 0 heteroatoms. The number of allylic oxidation sites excluding steroid dienone is 2. The second kappa shape index (κ2) is 10.6. The van der Waals surface area contributed by atoms with Gasteiger partial charge < -0.3 is 0 Å². The van der Waals surface area contributed by atoms with Gasteiger partial charge in [-0.05, 0) is 24.3 Å². The van der Waals surface area contributed by atoms with Crippen LogP contribution in [0.15, 0.2) is 49.1 Å². The highest BCUT2D eigenvalue weighted by Crippen LogP contribution is 2.17. The first kappa shape index (κ1) is 15.8. The van der Waals surface area contributed by atoms with Crippen LogP contribution in [0.1, 0.15) is 57.4 Å². The molecule has 0 spiro atoms. The molecule has 0 aromatic heterocycles. The monoisotopic (exact) mass is 256 g/mol. The van der Waals surface area contributed by atoms with Crippen LogP contribution in [0.5, 0.6) is 0 Å². The molecular weight excluding hydrogens is 228 g/mol. The van der Waals surface area contributed by atoms with Gasteiger partial charge in [0.05, 0.1) is 0 Å². The van der Waals surface area contributed by atoms with Gasteiger partial charge in [-0.15, -0.1) is 6.58 Å². The summed E-state index contributed by atoms with van der Waals surface area (Å²) in [7, 11) is 0. The Morgan fingerprint density at radius 2 is 1.79 bits per heavy atom. The van der Waals surface area contributed by atoms with Crippen molar-refractivity contribution in [3.8, 4) is 0 Å². The largest absolute Gasteiger partial charge is 0.103 e. The number of benzene rings is 1. The van der Waals surface area contributed by atoms with Gasteiger partial charge in [0, 0.05) is 0 Å². The molecule has 1 unspecified atom stereocenters.